The molecule has 0 saturated carbocycles. The molecule has 0 aliphatic carbocycles. The highest BCUT2D eigenvalue weighted by molar-refractivity contribution is 9.10. The van der Waals surface area contributed by atoms with E-state index >= 15 is 0 Å². The Kier molecular flexibility index (Phi) is 9.04. The highest BCUT2D eigenvalue weighted by Gasteiger charge is 2.19. The van der Waals surface area contributed by atoms with Crippen molar-refractivity contribution < 1.29 is 19.1 Å². The molecule has 24 heavy (non-hydrogen) atoms. The van der Waals surface area contributed by atoms with Gasteiger partial charge in [-0.05, 0) is 37.0 Å². The molecule has 0 amide bonds. The number of benzene rings is 1. The van der Waals surface area contributed by atoms with Crippen LogP contribution in [0.2, 0.25) is 0 Å². The monoisotopic (exact) mass is 398 g/mol. The third-order valence-corrected chi connectivity index (χ3v) is 4.25. The van der Waals surface area contributed by atoms with Gasteiger partial charge in [-0.3, -0.25) is 9.59 Å². The second-order valence-corrected chi connectivity index (χ2v) is 7.16. The zero-order chi connectivity index (χ0) is 18.1. The Morgan fingerprint density at radius 1 is 1.08 bits per heavy atom. The number of hydrogen-bond donors (Lipinski definition) is 0. The van der Waals surface area contributed by atoms with Gasteiger partial charge in [-0.25, -0.2) is 0 Å². The summed E-state index contributed by atoms with van der Waals surface area (Å²) in [5.41, 5.74) is 0.906. The minimum atomic E-state index is -0.393. The average Bonchev–Trinajstić information content (AvgIpc) is 2.52. The zero-order valence-corrected chi connectivity index (χ0v) is 16.5. The van der Waals surface area contributed by atoms with E-state index in [1.165, 1.54) is 0 Å². The molecule has 0 bridgehead atoms. The second kappa shape index (κ2) is 10.5. The molecule has 1 rings (SSSR count). The SMILES string of the molecule is CCCC(OC(=O)CCC(=O)OC(C)c1cccc(Br)c1)C(C)C. The molecule has 2 atom stereocenters. The van der Waals surface area contributed by atoms with Crippen LogP contribution in [-0.2, 0) is 19.1 Å². The molecule has 0 aliphatic heterocycles. The van der Waals surface area contributed by atoms with Crippen LogP contribution < -0.4 is 0 Å². The third-order valence-electron chi connectivity index (χ3n) is 3.76. The van der Waals surface area contributed by atoms with Crippen LogP contribution in [0.25, 0.3) is 0 Å². The Morgan fingerprint density at radius 3 is 2.25 bits per heavy atom. The van der Waals surface area contributed by atoms with Crippen LogP contribution in [-0.4, -0.2) is 18.0 Å². The molecule has 134 valence electrons. The van der Waals surface area contributed by atoms with Crippen LogP contribution in [0.4, 0.5) is 0 Å². The molecule has 0 spiro atoms. The maximum Gasteiger partial charge on any atom is 0.306 e. The fraction of sp³-hybridized carbons (Fsp3) is 0.579. The molecule has 1 aromatic carbocycles. The summed E-state index contributed by atoms with van der Waals surface area (Å²) in [6.07, 6.45) is 1.45. The van der Waals surface area contributed by atoms with Crippen molar-refractivity contribution in [3.8, 4) is 0 Å². The van der Waals surface area contributed by atoms with Crippen LogP contribution >= 0.6 is 15.9 Å². The minimum Gasteiger partial charge on any atom is -0.462 e. The van der Waals surface area contributed by atoms with E-state index < -0.39 is 5.97 Å². The van der Waals surface area contributed by atoms with Crippen LogP contribution in [0.1, 0.15) is 65.0 Å². The number of halogens is 1. The second-order valence-electron chi connectivity index (χ2n) is 6.25. The van der Waals surface area contributed by atoms with Crippen LogP contribution in [0, 0.1) is 5.92 Å². The van der Waals surface area contributed by atoms with Crippen molar-refractivity contribution in [1.82, 2.24) is 0 Å². The molecule has 0 fully saturated rings. The Hall–Kier alpha value is -1.36. The maximum atomic E-state index is 11.9. The summed E-state index contributed by atoms with van der Waals surface area (Å²) in [7, 11) is 0. The van der Waals surface area contributed by atoms with Crippen molar-refractivity contribution in [2.45, 2.75) is 65.6 Å². The summed E-state index contributed by atoms with van der Waals surface area (Å²) in [5.74, 6) is -0.456. The fourth-order valence-electron chi connectivity index (χ4n) is 2.33. The number of hydrogen-bond acceptors (Lipinski definition) is 4. The first kappa shape index (κ1) is 20.7. The third kappa shape index (κ3) is 7.47. The molecular formula is C19H27BrO4. The number of ether oxygens (including phenoxy) is 2. The number of esters is 2. The lowest BCUT2D eigenvalue weighted by atomic mass is 10.0. The average molecular weight is 399 g/mol. The van der Waals surface area contributed by atoms with Gasteiger partial charge in [0.2, 0.25) is 0 Å². The van der Waals surface area contributed by atoms with E-state index in [2.05, 4.69) is 22.9 Å². The predicted octanol–water partition coefficient (Wildman–Crippen LogP) is 5.20. The lowest BCUT2D eigenvalue weighted by Gasteiger charge is -2.20. The molecule has 0 aliphatic rings. The molecule has 0 N–H and O–H groups in total. The molecule has 1 aromatic rings. The van der Waals surface area contributed by atoms with Crippen molar-refractivity contribution in [2.24, 2.45) is 5.92 Å². The largest absolute Gasteiger partial charge is 0.462 e. The van der Waals surface area contributed by atoms with Gasteiger partial charge in [0.05, 0.1) is 12.8 Å². The van der Waals surface area contributed by atoms with Crippen molar-refractivity contribution in [3.63, 3.8) is 0 Å². The first-order valence-corrected chi connectivity index (χ1v) is 9.27. The molecule has 2 unspecified atom stereocenters. The van der Waals surface area contributed by atoms with Crippen molar-refractivity contribution in [3.05, 3.63) is 34.3 Å². The summed E-state index contributed by atoms with van der Waals surface area (Å²) in [6.45, 7) is 7.93. The van der Waals surface area contributed by atoms with Gasteiger partial charge in [-0.1, -0.05) is 55.3 Å². The van der Waals surface area contributed by atoms with Gasteiger partial charge in [0.1, 0.15) is 12.2 Å². The molecule has 5 heteroatoms. The van der Waals surface area contributed by atoms with Gasteiger partial charge in [0.15, 0.2) is 0 Å². The van der Waals surface area contributed by atoms with Crippen LogP contribution in [0.15, 0.2) is 28.7 Å². The summed E-state index contributed by atoms with van der Waals surface area (Å²) in [5, 5.41) is 0. The molecule has 0 saturated heterocycles. The predicted molar refractivity (Wildman–Crippen MR) is 97.5 cm³/mol. The normalized spacial score (nSPS) is 13.4. The van der Waals surface area contributed by atoms with E-state index in [0.29, 0.717) is 0 Å². The van der Waals surface area contributed by atoms with E-state index in [4.69, 9.17) is 9.47 Å². The Morgan fingerprint density at radius 2 is 1.71 bits per heavy atom. The van der Waals surface area contributed by atoms with Gasteiger partial charge in [0.25, 0.3) is 0 Å². The van der Waals surface area contributed by atoms with Gasteiger partial charge in [0, 0.05) is 4.47 Å². The molecule has 0 aromatic heterocycles. The first-order valence-electron chi connectivity index (χ1n) is 8.47. The molecular weight excluding hydrogens is 372 g/mol. The fourth-order valence-corrected chi connectivity index (χ4v) is 2.75. The highest BCUT2D eigenvalue weighted by atomic mass is 79.9. The van der Waals surface area contributed by atoms with Gasteiger partial charge in [-0.15, -0.1) is 0 Å². The topological polar surface area (TPSA) is 52.6 Å². The summed E-state index contributed by atoms with van der Waals surface area (Å²) in [6, 6.07) is 7.61. The van der Waals surface area contributed by atoms with E-state index in [9.17, 15) is 9.59 Å². The maximum absolute atomic E-state index is 11.9. The summed E-state index contributed by atoms with van der Waals surface area (Å²) >= 11 is 3.39. The van der Waals surface area contributed by atoms with E-state index in [1.54, 1.807) is 0 Å². The number of carbonyl (C=O) groups excluding carboxylic acids is 2. The molecule has 0 radical (unpaired) electrons. The molecule has 0 heterocycles. The van der Waals surface area contributed by atoms with Crippen LogP contribution in [0.3, 0.4) is 0 Å². The van der Waals surface area contributed by atoms with E-state index in [0.717, 1.165) is 22.9 Å². The smallest absolute Gasteiger partial charge is 0.306 e. The standard InChI is InChI=1S/C19H27BrO4/c1-5-7-17(13(2)3)24-19(22)11-10-18(21)23-14(4)15-8-6-9-16(20)12-15/h6,8-9,12-14,17H,5,7,10-11H2,1-4H3. The van der Waals surface area contributed by atoms with Gasteiger partial charge >= 0.3 is 11.9 Å². The van der Waals surface area contributed by atoms with Crippen molar-refractivity contribution >= 4 is 27.9 Å². The van der Waals surface area contributed by atoms with E-state index in [1.807, 2.05) is 45.0 Å². The number of rotatable bonds is 9. The van der Waals surface area contributed by atoms with Crippen LogP contribution in [0.5, 0.6) is 0 Å². The molecule has 4 nitrogen and oxygen atoms in total. The van der Waals surface area contributed by atoms with Crippen molar-refractivity contribution in [1.29, 1.82) is 0 Å². The Bertz CT molecular complexity index is 542. The zero-order valence-electron chi connectivity index (χ0n) is 14.9. The minimum absolute atomic E-state index is 0.0358. The highest BCUT2D eigenvalue weighted by Crippen LogP contribution is 2.21. The number of carbonyl (C=O) groups is 2. The van der Waals surface area contributed by atoms with Crippen molar-refractivity contribution in [2.75, 3.05) is 0 Å². The van der Waals surface area contributed by atoms with Gasteiger partial charge < -0.3 is 9.47 Å². The van der Waals surface area contributed by atoms with Gasteiger partial charge in [-0.2, -0.15) is 0 Å². The lowest BCUT2D eigenvalue weighted by Crippen LogP contribution is -2.24. The Balaban J connectivity index is 2.41. The van der Waals surface area contributed by atoms with E-state index in [-0.39, 0.29) is 36.9 Å². The lowest BCUT2D eigenvalue weighted by molar-refractivity contribution is -0.157. The first-order chi connectivity index (χ1) is 11.3. The Labute approximate surface area is 153 Å². The quantitative estimate of drug-likeness (QED) is 0.536. The summed E-state index contributed by atoms with van der Waals surface area (Å²) in [4.78, 5) is 23.8. The summed E-state index contributed by atoms with van der Waals surface area (Å²) < 4.78 is 11.8.